The first-order valence-electron chi connectivity index (χ1n) is 34.8. The van der Waals surface area contributed by atoms with E-state index in [9.17, 15) is 19.0 Å². The maximum atomic E-state index is 13.6. The van der Waals surface area contributed by atoms with Gasteiger partial charge in [0.15, 0.2) is 0 Å². The monoisotopic (exact) mass is 1200 g/mol. The summed E-state index contributed by atoms with van der Waals surface area (Å²) in [5.41, 5.74) is 0. The minimum absolute atomic E-state index is 0.0315. The van der Waals surface area contributed by atoms with Crippen LogP contribution in [0.25, 0.3) is 0 Å². The fraction of sp³-hybridized carbons (Fsp3) is 0.707. The summed E-state index contributed by atoms with van der Waals surface area (Å²) in [6.45, 7) is 6.69. The lowest BCUT2D eigenvalue weighted by atomic mass is 10.0. The number of carbonyl (C=O) groups excluding carboxylic acids is 2. The molecule has 0 aliphatic rings. The van der Waals surface area contributed by atoms with Gasteiger partial charge in [0.25, 0.3) is 7.82 Å². The molecule has 0 bridgehead atoms. The van der Waals surface area contributed by atoms with Crippen LogP contribution in [0.4, 0.5) is 0 Å². The third-order valence-corrected chi connectivity index (χ3v) is 15.8. The average molecular weight is 1200 g/mol. The number of unbranched alkanes of at least 4 members (excludes halogenated alkanes) is 28. The number of amides is 1. The lowest BCUT2D eigenvalue weighted by Gasteiger charge is -2.30. The molecule has 1 amide bonds. The van der Waals surface area contributed by atoms with Crippen LogP contribution in [0.1, 0.15) is 290 Å². The predicted octanol–water partition coefficient (Wildman–Crippen LogP) is 21.6. The Morgan fingerprint density at radius 2 is 0.753 bits per heavy atom. The predicted molar refractivity (Wildman–Crippen MR) is 367 cm³/mol. The molecule has 3 atom stereocenters. The smallest absolute Gasteiger partial charge is 0.306 e. The highest BCUT2D eigenvalue weighted by Crippen LogP contribution is 2.38. The molecule has 488 valence electrons. The molecule has 0 heterocycles. The molecule has 0 saturated carbocycles. The van der Waals surface area contributed by atoms with Gasteiger partial charge < -0.3 is 28.5 Å². The van der Waals surface area contributed by atoms with Gasteiger partial charge in [-0.1, -0.05) is 277 Å². The van der Waals surface area contributed by atoms with Crippen molar-refractivity contribution < 1.29 is 37.3 Å². The van der Waals surface area contributed by atoms with Gasteiger partial charge in [0.05, 0.1) is 33.8 Å². The Labute approximate surface area is 524 Å². The van der Waals surface area contributed by atoms with Gasteiger partial charge in [0.2, 0.25) is 5.91 Å². The zero-order valence-electron chi connectivity index (χ0n) is 55.8. The summed E-state index contributed by atoms with van der Waals surface area (Å²) in [6, 6.07) is -0.905. The molecule has 0 aromatic carbocycles. The van der Waals surface area contributed by atoms with E-state index in [2.05, 4.69) is 135 Å². The Balaban J connectivity index is 5.11. The van der Waals surface area contributed by atoms with Gasteiger partial charge in [-0.2, -0.15) is 0 Å². The van der Waals surface area contributed by atoms with Gasteiger partial charge in [0, 0.05) is 12.8 Å². The summed E-state index contributed by atoms with van der Waals surface area (Å²) in [5.74, 6) is -0.564. The number of allylic oxidation sites excluding steroid dienone is 19. The Morgan fingerprint density at radius 3 is 1.15 bits per heavy atom. The molecule has 0 aliphatic carbocycles. The number of nitrogens with one attached hydrogen (secondary N) is 1. The Kier molecular flexibility index (Phi) is 60.8. The second kappa shape index (κ2) is 63.4. The van der Waals surface area contributed by atoms with Crippen LogP contribution in [0.15, 0.2) is 122 Å². The highest BCUT2D eigenvalue weighted by molar-refractivity contribution is 7.45. The number of nitrogens with zero attached hydrogens (tertiary/aromatic N) is 1. The highest BCUT2D eigenvalue weighted by atomic mass is 31.2. The summed E-state index contributed by atoms with van der Waals surface area (Å²) in [5, 5.41) is 3.03. The molecule has 0 aliphatic heterocycles. The first-order chi connectivity index (χ1) is 41.4. The van der Waals surface area contributed by atoms with Crippen molar-refractivity contribution in [1.82, 2.24) is 5.32 Å². The zero-order valence-corrected chi connectivity index (χ0v) is 56.7. The van der Waals surface area contributed by atoms with Crippen LogP contribution in [0, 0.1) is 0 Å². The number of likely N-dealkylation sites (N-methyl/N-ethyl adjacent to an activating group) is 1. The van der Waals surface area contributed by atoms with Gasteiger partial charge in [-0.15, -0.1) is 0 Å². The first kappa shape index (κ1) is 81.4. The van der Waals surface area contributed by atoms with E-state index in [0.29, 0.717) is 23.9 Å². The Morgan fingerprint density at radius 1 is 0.424 bits per heavy atom. The molecule has 0 fully saturated rings. The van der Waals surface area contributed by atoms with E-state index in [4.69, 9.17) is 13.8 Å². The van der Waals surface area contributed by atoms with E-state index in [1.807, 2.05) is 33.3 Å². The molecule has 0 radical (unpaired) electrons. The quantitative estimate of drug-likeness (QED) is 0.0212. The minimum Gasteiger partial charge on any atom is -0.756 e. The van der Waals surface area contributed by atoms with Gasteiger partial charge in [-0.25, -0.2) is 0 Å². The number of phosphoric acid groups is 1. The molecule has 9 nitrogen and oxygen atoms in total. The van der Waals surface area contributed by atoms with E-state index in [-0.39, 0.29) is 24.9 Å². The van der Waals surface area contributed by atoms with Gasteiger partial charge in [0.1, 0.15) is 19.3 Å². The van der Waals surface area contributed by atoms with Gasteiger partial charge in [-0.05, 0) is 122 Å². The van der Waals surface area contributed by atoms with Crippen molar-refractivity contribution in [1.29, 1.82) is 0 Å². The first-order valence-corrected chi connectivity index (χ1v) is 36.3. The molecule has 10 heteroatoms. The standard InChI is InChI=1S/C75H131N2O7P/c1-7-10-13-16-19-22-25-27-29-31-33-35-37-38-40-41-43-45-47-49-52-55-58-61-64-67-74(78)76-72(71-83-85(80,81)82-70-69-77(4,5)6)73(66-63-60-57-54-51-24-21-18-15-12-9-3)84-75(79)68-65-62-59-56-53-50-48-46-44-42-39-36-34-32-30-28-26-23-20-17-14-11-8-2/h11,14,19-20,22-23,27-30,33-36,38,40,42,44,63,66,72-73H,7-10,12-13,15-18,21,24-26,31-32,37,39,41,43,45-62,64-65,67-71H2,1-6H3,(H-,76,78,80,81)/b14-11-,22-19-,23-20-,29-27-,30-28-,35-33-,36-34-,40-38-,44-42-,66-63+. The summed E-state index contributed by atoms with van der Waals surface area (Å²) >= 11 is 0. The number of quaternary nitrogens is 1. The Hall–Kier alpha value is -3.59. The molecule has 0 aromatic heterocycles. The number of carbonyl (C=O) groups is 2. The van der Waals surface area contributed by atoms with Gasteiger partial charge >= 0.3 is 5.97 Å². The van der Waals surface area contributed by atoms with Crippen LogP contribution in [0.3, 0.4) is 0 Å². The number of hydrogen-bond donors (Lipinski definition) is 1. The SMILES string of the molecule is CC/C=C\C/C=C\C/C=C\C/C=C\C/C=C\CCCCCCCCCC(=O)OC(/C=C/CCCCCCCCCCC)C(COP(=O)([O-])OCC[N+](C)(C)C)NC(=O)CCCCCCCCCCC/C=C\C/C=C\C/C=C\C/C=C\CCCCC. The van der Waals surface area contributed by atoms with Crippen molar-refractivity contribution >= 4 is 19.7 Å². The van der Waals surface area contributed by atoms with Crippen LogP contribution in [-0.4, -0.2) is 69.4 Å². The second-order valence-electron chi connectivity index (χ2n) is 24.3. The second-order valence-corrected chi connectivity index (χ2v) is 25.7. The van der Waals surface area contributed by atoms with Crippen molar-refractivity contribution in [2.75, 3.05) is 40.9 Å². The summed E-state index contributed by atoms with van der Waals surface area (Å²) in [6.07, 6.45) is 88.8. The van der Waals surface area contributed by atoms with E-state index < -0.39 is 26.6 Å². The topological polar surface area (TPSA) is 114 Å². The number of hydrogen-bond acceptors (Lipinski definition) is 7. The molecule has 85 heavy (non-hydrogen) atoms. The number of ether oxygens (including phenoxy) is 1. The van der Waals surface area contributed by atoms with Gasteiger partial charge in [-0.3, -0.25) is 14.2 Å². The molecule has 0 aromatic rings. The van der Waals surface area contributed by atoms with E-state index in [1.165, 1.54) is 122 Å². The lowest BCUT2D eigenvalue weighted by Crippen LogP contribution is -2.47. The van der Waals surface area contributed by atoms with Crippen LogP contribution >= 0.6 is 7.82 Å². The molecule has 0 saturated heterocycles. The fourth-order valence-electron chi connectivity index (χ4n) is 9.53. The van der Waals surface area contributed by atoms with Crippen molar-refractivity contribution in [3.05, 3.63) is 122 Å². The van der Waals surface area contributed by atoms with E-state index >= 15 is 0 Å². The molecule has 0 spiro atoms. The number of phosphoric ester groups is 1. The molecule has 0 rings (SSSR count). The van der Waals surface area contributed by atoms with Crippen LogP contribution in [0.5, 0.6) is 0 Å². The fourth-order valence-corrected chi connectivity index (χ4v) is 10.3. The largest absolute Gasteiger partial charge is 0.756 e. The normalized spacial score (nSPS) is 14.3. The van der Waals surface area contributed by atoms with E-state index in [1.54, 1.807) is 0 Å². The third kappa shape index (κ3) is 64.7. The summed E-state index contributed by atoms with van der Waals surface area (Å²) in [4.78, 5) is 40.2. The summed E-state index contributed by atoms with van der Waals surface area (Å²) < 4.78 is 30.4. The maximum Gasteiger partial charge on any atom is 0.306 e. The van der Waals surface area contributed by atoms with Crippen molar-refractivity contribution in [3.63, 3.8) is 0 Å². The highest BCUT2D eigenvalue weighted by Gasteiger charge is 2.27. The molecule has 3 unspecified atom stereocenters. The number of esters is 1. The average Bonchev–Trinajstić information content (AvgIpc) is 3.62. The number of rotatable bonds is 62. The van der Waals surface area contributed by atoms with Crippen molar-refractivity contribution in [3.8, 4) is 0 Å². The lowest BCUT2D eigenvalue weighted by molar-refractivity contribution is -0.870. The molecular formula is C75H131N2O7P. The molecular weight excluding hydrogens is 1070 g/mol. The molecule has 1 N–H and O–H groups in total. The van der Waals surface area contributed by atoms with E-state index in [0.717, 1.165) is 128 Å². The van der Waals surface area contributed by atoms with Crippen molar-refractivity contribution in [2.45, 2.75) is 303 Å². The third-order valence-electron chi connectivity index (χ3n) is 14.9. The summed E-state index contributed by atoms with van der Waals surface area (Å²) in [7, 11) is 1.16. The van der Waals surface area contributed by atoms with Crippen LogP contribution < -0.4 is 10.2 Å². The Bertz CT molecular complexity index is 1870. The maximum absolute atomic E-state index is 13.6. The van der Waals surface area contributed by atoms with Crippen LogP contribution in [0.2, 0.25) is 0 Å². The minimum atomic E-state index is -4.72. The van der Waals surface area contributed by atoms with Crippen molar-refractivity contribution in [2.24, 2.45) is 0 Å². The zero-order chi connectivity index (χ0) is 62.1. The van der Waals surface area contributed by atoms with Crippen LogP contribution in [-0.2, 0) is 27.9 Å².